The molecule has 31 heavy (non-hydrogen) atoms. The van der Waals surface area contributed by atoms with E-state index in [1.165, 1.54) is 0 Å². The molecule has 0 aromatic heterocycles. The lowest BCUT2D eigenvalue weighted by molar-refractivity contribution is 0.0981. The summed E-state index contributed by atoms with van der Waals surface area (Å²) < 4.78 is 5.12. The van der Waals surface area contributed by atoms with E-state index in [0.717, 1.165) is 29.0 Å². The molecule has 3 aromatic rings. The van der Waals surface area contributed by atoms with Gasteiger partial charge in [-0.15, -0.1) is 0 Å². The van der Waals surface area contributed by atoms with E-state index in [2.05, 4.69) is 17.6 Å². The smallest absolute Gasteiger partial charge is 0.319 e. The van der Waals surface area contributed by atoms with Gasteiger partial charge in [0.15, 0.2) is 0 Å². The number of nitrogens with one attached hydrogen (secondary N) is 2. The van der Waals surface area contributed by atoms with Gasteiger partial charge in [-0.1, -0.05) is 30.3 Å². The number of carbonyl (C=O) groups is 2. The van der Waals surface area contributed by atoms with Crippen LogP contribution in [0.3, 0.4) is 0 Å². The summed E-state index contributed by atoms with van der Waals surface area (Å²) in [6, 6.07) is 22.3. The Kier molecular flexibility index (Phi) is 5.89. The maximum atomic E-state index is 13.1. The van der Waals surface area contributed by atoms with E-state index in [1.807, 2.05) is 53.4 Å². The van der Waals surface area contributed by atoms with Crippen molar-refractivity contribution in [2.45, 2.75) is 25.9 Å². The number of anilines is 2. The van der Waals surface area contributed by atoms with Gasteiger partial charge >= 0.3 is 6.03 Å². The largest absolute Gasteiger partial charge is 0.497 e. The summed E-state index contributed by atoms with van der Waals surface area (Å²) >= 11 is 0. The fourth-order valence-corrected chi connectivity index (χ4v) is 3.82. The number of ether oxygens (including phenoxy) is 1. The van der Waals surface area contributed by atoms with E-state index in [9.17, 15) is 9.59 Å². The third-order valence-electron chi connectivity index (χ3n) is 5.41. The normalized spacial score (nSPS) is 14.6. The monoisotopic (exact) mass is 415 g/mol. The Morgan fingerprint density at radius 3 is 2.48 bits per heavy atom. The van der Waals surface area contributed by atoms with Crippen LogP contribution in [0, 0.1) is 0 Å². The molecule has 0 bridgehead atoms. The van der Waals surface area contributed by atoms with Crippen molar-refractivity contribution in [3.8, 4) is 5.75 Å². The molecule has 0 unspecified atom stereocenters. The number of carbonyl (C=O) groups excluding carboxylic acids is 2. The molecule has 0 fully saturated rings. The van der Waals surface area contributed by atoms with Gasteiger partial charge in [0.05, 0.1) is 7.11 Å². The zero-order chi connectivity index (χ0) is 21.8. The minimum Gasteiger partial charge on any atom is -0.497 e. The van der Waals surface area contributed by atoms with Crippen molar-refractivity contribution in [1.29, 1.82) is 0 Å². The molecule has 1 atom stereocenters. The van der Waals surface area contributed by atoms with Crippen LogP contribution in [0.5, 0.6) is 5.75 Å². The average Bonchev–Trinajstić information content (AvgIpc) is 3.13. The molecule has 0 saturated carbocycles. The lowest BCUT2D eigenvalue weighted by Crippen LogP contribution is -2.35. The van der Waals surface area contributed by atoms with Gasteiger partial charge in [0.25, 0.3) is 5.91 Å². The number of benzene rings is 3. The number of amides is 3. The summed E-state index contributed by atoms with van der Waals surface area (Å²) in [4.78, 5) is 27.2. The lowest BCUT2D eigenvalue weighted by atomic mass is 10.1. The van der Waals surface area contributed by atoms with Crippen molar-refractivity contribution >= 4 is 23.3 Å². The highest BCUT2D eigenvalue weighted by atomic mass is 16.5. The molecular formula is C25H25N3O3. The number of hydrogen-bond acceptors (Lipinski definition) is 3. The van der Waals surface area contributed by atoms with Crippen molar-refractivity contribution in [1.82, 2.24) is 5.32 Å². The summed E-state index contributed by atoms with van der Waals surface area (Å²) in [5.41, 5.74) is 4.34. The number of urea groups is 1. The third kappa shape index (κ3) is 4.53. The van der Waals surface area contributed by atoms with Gasteiger partial charge in [0.2, 0.25) is 0 Å². The van der Waals surface area contributed by atoms with Crippen LogP contribution >= 0.6 is 0 Å². The predicted molar refractivity (Wildman–Crippen MR) is 122 cm³/mol. The van der Waals surface area contributed by atoms with Crippen molar-refractivity contribution < 1.29 is 14.3 Å². The van der Waals surface area contributed by atoms with Gasteiger partial charge in [-0.2, -0.15) is 0 Å². The van der Waals surface area contributed by atoms with E-state index in [4.69, 9.17) is 4.74 Å². The lowest BCUT2D eigenvalue weighted by Gasteiger charge is -2.23. The Morgan fingerprint density at radius 1 is 1.03 bits per heavy atom. The molecule has 0 radical (unpaired) electrons. The Hall–Kier alpha value is -3.80. The van der Waals surface area contributed by atoms with Crippen LogP contribution in [0.4, 0.5) is 16.2 Å². The molecule has 0 aliphatic carbocycles. The van der Waals surface area contributed by atoms with Crippen LogP contribution in [-0.4, -0.2) is 25.1 Å². The van der Waals surface area contributed by atoms with E-state index in [1.54, 1.807) is 31.4 Å². The standard InChI is InChI=1S/C25H25N3O3/c1-17-14-20-9-8-18(15-23(20)28(17)24(29)19-6-4-3-5-7-19)16-26-25(30)27-21-10-12-22(31-2)13-11-21/h3-13,15,17H,14,16H2,1-2H3,(H2,26,27,30)/t17-/m0/s1. The second kappa shape index (κ2) is 8.92. The summed E-state index contributed by atoms with van der Waals surface area (Å²) in [5.74, 6) is 0.724. The summed E-state index contributed by atoms with van der Waals surface area (Å²) in [6.07, 6.45) is 0.819. The molecule has 3 aromatic carbocycles. The number of nitrogens with zero attached hydrogens (tertiary/aromatic N) is 1. The van der Waals surface area contributed by atoms with Crippen molar-refractivity contribution in [2.75, 3.05) is 17.3 Å². The average molecular weight is 415 g/mol. The first-order chi connectivity index (χ1) is 15.0. The number of hydrogen-bond donors (Lipinski definition) is 2. The molecule has 2 N–H and O–H groups in total. The maximum Gasteiger partial charge on any atom is 0.319 e. The zero-order valence-electron chi connectivity index (χ0n) is 17.6. The Balaban J connectivity index is 1.43. The summed E-state index contributed by atoms with van der Waals surface area (Å²) in [7, 11) is 1.60. The second-order valence-corrected chi connectivity index (χ2v) is 7.59. The molecule has 1 heterocycles. The molecule has 4 rings (SSSR count). The van der Waals surface area contributed by atoms with Crippen LogP contribution in [0.2, 0.25) is 0 Å². The Bertz CT molecular complexity index is 1080. The zero-order valence-corrected chi connectivity index (χ0v) is 17.6. The van der Waals surface area contributed by atoms with Gasteiger partial charge < -0.3 is 20.3 Å². The Morgan fingerprint density at radius 2 is 1.77 bits per heavy atom. The van der Waals surface area contributed by atoms with Gasteiger partial charge in [-0.25, -0.2) is 4.79 Å². The highest BCUT2D eigenvalue weighted by Crippen LogP contribution is 2.34. The van der Waals surface area contributed by atoms with Crippen molar-refractivity contribution in [3.05, 3.63) is 89.5 Å². The first kappa shape index (κ1) is 20.5. The van der Waals surface area contributed by atoms with E-state index in [-0.39, 0.29) is 18.0 Å². The molecule has 3 amide bonds. The van der Waals surface area contributed by atoms with Crippen LogP contribution in [0.15, 0.2) is 72.8 Å². The minimum atomic E-state index is -0.295. The fraction of sp³-hybridized carbons (Fsp3) is 0.200. The van der Waals surface area contributed by atoms with E-state index >= 15 is 0 Å². The third-order valence-corrected chi connectivity index (χ3v) is 5.41. The number of methoxy groups -OCH3 is 1. The molecule has 0 spiro atoms. The summed E-state index contributed by atoms with van der Waals surface area (Å²) in [6.45, 7) is 2.41. The minimum absolute atomic E-state index is 0.00536. The molecule has 158 valence electrons. The molecule has 6 heteroatoms. The van der Waals surface area contributed by atoms with Gasteiger partial charge in [0, 0.05) is 29.5 Å². The first-order valence-electron chi connectivity index (χ1n) is 10.2. The number of rotatable bonds is 5. The predicted octanol–water partition coefficient (Wildman–Crippen LogP) is 4.61. The second-order valence-electron chi connectivity index (χ2n) is 7.59. The molecular weight excluding hydrogens is 390 g/mol. The quantitative estimate of drug-likeness (QED) is 0.639. The fourth-order valence-electron chi connectivity index (χ4n) is 3.82. The van der Waals surface area contributed by atoms with Gasteiger partial charge in [-0.3, -0.25) is 4.79 Å². The van der Waals surface area contributed by atoms with Crippen LogP contribution in [-0.2, 0) is 13.0 Å². The van der Waals surface area contributed by atoms with E-state index in [0.29, 0.717) is 17.8 Å². The maximum absolute atomic E-state index is 13.1. The molecule has 0 saturated heterocycles. The van der Waals surface area contributed by atoms with Crippen molar-refractivity contribution in [2.24, 2.45) is 0 Å². The van der Waals surface area contributed by atoms with Crippen LogP contribution in [0.25, 0.3) is 0 Å². The highest BCUT2D eigenvalue weighted by Gasteiger charge is 2.31. The van der Waals surface area contributed by atoms with Crippen LogP contribution in [0.1, 0.15) is 28.4 Å². The highest BCUT2D eigenvalue weighted by molar-refractivity contribution is 6.07. The topological polar surface area (TPSA) is 70.7 Å². The van der Waals surface area contributed by atoms with E-state index < -0.39 is 0 Å². The van der Waals surface area contributed by atoms with Crippen molar-refractivity contribution in [3.63, 3.8) is 0 Å². The SMILES string of the molecule is COc1ccc(NC(=O)NCc2ccc3c(c2)N(C(=O)c2ccccc2)[C@@H](C)C3)cc1. The Labute approximate surface area is 181 Å². The summed E-state index contributed by atoms with van der Waals surface area (Å²) in [5, 5.41) is 5.67. The van der Waals surface area contributed by atoms with Crippen LogP contribution < -0.4 is 20.3 Å². The molecule has 1 aliphatic rings. The number of fused-ring (bicyclic) bond motifs is 1. The van der Waals surface area contributed by atoms with Gasteiger partial charge in [-0.05, 0) is 66.9 Å². The molecule has 1 aliphatic heterocycles. The molecule has 6 nitrogen and oxygen atoms in total. The van der Waals surface area contributed by atoms with Gasteiger partial charge in [0.1, 0.15) is 5.75 Å². The first-order valence-corrected chi connectivity index (χ1v) is 10.2.